The van der Waals surface area contributed by atoms with Gasteiger partial charge in [0.05, 0.1) is 6.61 Å². The van der Waals surface area contributed by atoms with Crippen LogP contribution in [0, 0.1) is 0 Å². The lowest BCUT2D eigenvalue weighted by Crippen LogP contribution is -2.36. The van der Waals surface area contributed by atoms with Gasteiger partial charge in [-0.3, -0.25) is 4.90 Å². The Morgan fingerprint density at radius 3 is 2.71 bits per heavy atom. The van der Waals surface area contributed by atoms with Crippen LogP contribution in [0.5, 0.6) is 5.75 Å². The van der Waals surface area contributed by atoms with E-state index >= 15 is 0 Å². The maximum Gasteiger partial charge on any atom is 0.121 e. The first kappa shape index (κ1) is 13.8. The van der Waals surface area contributed by atoms with Crippen molar-refractivity contribution in [2.75, 3.05) is 32.0 Å². The van der Waals surface area contributed by atoms with E-state index in [4.69, 9.17) is 15.6 Å². The number of nitrogens with two attached hydrogens (primary N) is 1. The Hall–Kier alpha value is -1.26. The van der Waals surface area contributed by atoms with Crippen LogP contribution in [0.4, 0.5) is 5.69 Å². The fourth-order valence-corrected chi connectivity index (χ4v) is 1.64. The first-order valence-electron chi connectivity index (χ1n) is 5.96. The Kier molecular flexibility index (Phi) is 5.80. The van der Waals surface area contributed by atoms with E-state index in [9.17, 15) is 0 Å². The fraction of sp³-hybridized carbons (Fsp3) is 0.538. The van der Waals surface area contributed by atoms with Crippen molar-refractivity contribution < 1.29 is 9.84 Å². The minimum atomic E-state index is 0.177. The van der Waals surface area contributed by atoms with E-state index in [1.165, 1.54) is 0 Å². The lowest BCUT2D eigenvalue weighted by atomic mass is 10.3. The molecule has 96 valence electrons. The minimum absolute atomic E-state index is 0.177. The smallest absolute Gasteiger partial charge is 0.121 e. The summed E-state index contributed by atoms with van der Waals surface area (Å²) in [5.41, 5.74) is 6.37. The Bertz CT molecular complexity index is 329. The number of anilines is 1. The van der Waals surface area contributed by atoms with E-state index in [2.05, 4.69) is 18.7 Å². The van der Waals surface area contributed by atoms with Gasteiger partial charge < -0.3 is 15.6 Å². The van der Waals surface area contributed by atoms with Crippen molar-refractivity contribution in [2.24, 2.45) is 0 Å². The molecule has 4 heteroatoms. The van der Waals surface area contributed by atoms with Crippen LogP contribution in [0.15, 0.2) is 24.3 Å². The van der Waals surface area contributed by atoms with Gasteiger partial charge in [-0.15, -0.1) is 0 Å². The maximum absolute atomic E-state index is 8.94. The molecule has 0 radical (unpaired) electrons. The average molecular weight is 238 g/mol. The summed E-state index contributed by atoms with van der Waals surface area (Å²) >= 11 is 0. The number of nitrogen functional groups attached to an aromatic ring is 1. The summed E-state index contributed by atoms with van der Waals surface area (Å²) < 4.78 is 5.61. The van der Waals surface area contributed by atoms with Crippen molar-refractivity contribution in [2.45, 2.75) is 19.9 Å². The molecule has 0 aliphatic rings. The van der Waals surface area contributed by atoms with Crippen molar-refractivity contribution in [3.8, 4) is 5.75 Å². The second-order valence-corrected chi connectivity index (χ2v) is 4.27. The predicted octanol–water partition coefficient (Wildman–Crippen LogP) is 1.35. The molecule has 0 atom stereocenters. The highest BCUT2D eigenvalue weighted by molar-refractivity contribution is 5.43. The van der Waals surface area contributed by atoms with E-state index in [1.54, 1.807) is 0 Å². The van der Waals surface area contributed by atoms with Crippen LogP contribution >= 0.6 is 0 Å². The van der Waals surface area contributed by atoms with E-state index in [1.807, 2.05) is 24.3 Å². The zero-order chi connectivity index (χ0) is 12.7. The molecular weight excluding hydrogens is 216 g/mol. The fourth-order valence-electron chi connectivity index (χ4n) is 1.64. The van der Waals surface area contributed by atoms with Gasteiger partial charge in [-0.05, 0) is 26.0 Å². The summed E-state index contributed by atoms with van der Waals surface area (Å²) in [7, 11) is 0. The molecule has 0 aromatic heterocycles. The Labute approximate surface area is 103 Å². The molecule has 0 amide bonds. The minimum Gasteiger partial charge on any atom is -0.492 e. The molecule has 0 aliphatic heterocycles. The van der Waals surface area contributed by atoms with Gasteiger partial charge in [0.2, 0.25) is 0 Å². The monoisotopic (exact) mass is 238 g/mol. The number of hydrogen-bond donors (Lipinski definition) is 2. The number of rotatable bonds is 7. The van der Waals surface area contributed by atoms with Crippen molar-refractivity contribution in [1.82, 2.24) is 4.90 Å². The highest BCUT2D eigenvalue weighted by Crippen LogP contribution is 2.14. The number of aliphatic hydroxyl groups is 1. The SMILES string of the molecule is CC(C)N(CCO)CCOc1cccc(N)c1. The third-order valence-electron chi connectivity index (χ3n) is 2.62. The van der Waals surface area contributed by atoms with E-state index < -0.39 is 0 Å². The van der Waals surface area contributed by atoms with Crippen LogP contribution in [0.3, 0.4) is 0 Å². The number of ether oxygens (including phenoxy) is 1. The van der Waals surface area contributed by atoms with Crippen LogP contribution in [-0.4, -0.2) is 42.4 Å². The second kappa shape index (κ2) is 7.14. The van der Waals surface area contributed by atoms with Crippen LogP contribution < -0.4 is 10.5 Å². The van der Waals surface area contributed by atoms with Gasteiger partial charge in [-0.25, -0.2) is 0 Å². The predicted molar refractivity (Wildman–Crippen MR) is 70.1 cm³/mol. The molecule has 0 aliphatic carbocycles. The first-order valence-corrected chi connectivity index (χ1v) is 5.96. The standard InChI is InChI=1S/C13H22N2O2/c1-11(2)15(6-8-16)7-9-17-13-5-3-4-12(14)10-13/h3-5,10-11,16H,6-9,14H2,1-2H3. The molecule has 1 rings (SSSR count). The number of nitrogens with zero attached hydrogens (tertiary/aromatic N) is 1. The number of benzene rings is 1. The average Bonchev–Trinajstić information content (AvgIpc) is 2.28. The topological polar surface area (TPSA) is 58.7 Å². The van der Waals surface area contributed by atoms with Gasteiger partial charge in [0.15, 0.2) is 0 Å². The normalized spacial score (nSPS) is 11.1. The van der Waals surface area contributed by atoms with E-state index in [-0.39, 0.29) is 6.61 Å². The second-order valence-electron chi connectivity index (χ2n) is 4.27. The largest absolute Gasteiger partial charge is 0.492 e. The summed E-state index contributed by atoms with van der Waals surface area (Å²) in [6.45, 7) is 6.47. The van der Waals surface area contributed by atoms with Gasteiger partial charge in [-0.1, -0.05) is 6.07 Å². The molecule has 0 unspecified atom stereocenters. The number of aliphatic hydroxyl groups excluding tert-OH is 1. The lowest BCUT2D eigenvalue weighted by Gasteiger charge is -2.25. The molecule has 0 saturated carbocycles. The number of hydrogen-bond acceptors (Lipinski definition) is 4. The molecule has 0 fully saturated rings. The van der Waals surface area contributed by atoms with Crippen LogP contribution in [0.25, 0.3) is 0 Å². The summed E-state index contributed by atoms with van der Waals surface area (Å²) in [6.07, 6.45) is 0. The molecular formula is C13H22N2O2. The highest BCUT2D eigenvalue weighted by Gasteiger charge is 2.08. The van der Waals surface area contributed by atoms with Gasteiger partial charge in [0.25, 0.3) is 0 Å². The molecule has 3 N–H and O–H groups in total. The Morgan fingerprint density at radius 2 is 2.12 bits per heavy atom. The first-order chi connectivity index (χ1) is 8.13. The molecule has 0 spiro atoms. The molecule has 0 saturated heterocycles. The molecule has 0 heterocycles. The van der Waals surface area contributed by atoms with Crippen LogP contribution in [-0.2, 0) is 0 Å². The Morgan fingerprint density at radius 1 is 1.35 bits per heavy atom. The van der Waals surface area contributed by atoms with E-state index in [0.717, 1.165) is 12.3 Å². The quantitative estimate of drug-likeness (QED) is 0.704. The summed E-state index contributed by atoms with van der Waals surface area (Å²) in [4.78, 5) is 2.17. The third kappa shape index (κ3) is 5.06. The van der Waals surface area contributed by atoms with Crippen molar-refractivity contribution >= 4 is 5.69 Å². The molecule has 17 heavy (non-hydrogen) atoms. The zero-order valence-corrected chi connectivity index (χ0v) is 10.6. The zero-order valence-electron chi connectivity index (χ0n) is 10.6. The maximum atomic E-state index is 8.94. The van der Waals surface area contributed by atoms with Crippen LogP contribution in [0.2, 0.25) is 0 Å². The van der Waals surface area contributed by atoms with Gasteiger partial charge >= 0.3 is 0 Å². The van der Waals surface area contributed by atoms with Gasteiger partial charge in [0.1, 0.15) is 12.4 Å². The third-order valence-corrected chi connectivity index (χ3v) is 2.62. The molecule has 1 aromatic rings. The summed E-state index contributed by atoms with van der Waals surface area (Å²) in [5, 5.41) is 8.94. The molecule has 4 nitrogen and oxygen atoms in total. The van der Waals surface area contributed by atoms with E-state index in [0.29, 0.717) is 24.9 Å². The van der Waals surface area contributed by atoms with Gasteiger partial charge in [0, 0.05) is 30.9 Å². The Balaban J connectivity index is 2.35. The summed E-state index contributed by atoms with van der Waals surface area (Å²) in [6, 6.07) is 7.82. The molecule has 1 aromatic carbocycles. The molecule has 0 bridgehead atoms. The van der Waals surface area contributed by atoms with Crippen LogP contribution in [0.1, 0.15) is 13.8 Å². The lowest BCUT2D eigenvalue weighted by molar-refractivity contribution is 0.141. The summed E-state index contributed by atoms with van der Waals surface area (Å²) in [5.74, 6) is 0.790. The van der Waals surface area contributed by atoms with Gasteiger partial charge in [-0.2, -0.15) is 0 Å². The van der Waals surface area contributed by atoms with Crippen molar-refractivity contribution in [3.63, 3.8) is 0 Å². The van der Waals surface area contributed by atoms with Crippen molar-refractivity contribution in [1.29, 1.82) is 0 Å². The van der Waals surface area contributed by atoms with Crippen molar-refractivity contribution in [3.05, 3.63) is 24.3 Å². The highest BCUT2D eigenvalue weighted by atomic mass is 16.5.